The Morgan fingerprint density at radius 2 is 1.02 bits per heavy atom. The molecule has 0 amide bonds. The Bertz CT molecular complexity index is 1390. The van der Waals surface area contributed by atoms with Gasteiger partial charge in [-0.2, -0.15) is 0 Å². The first-order valence-corrected chi connectivity index (χ1v) is 18.3. The van der Waals surface area contributed by atoms with Crippen molar-refractivity contribution in [1.82, 2.24) is 10.6 Å². The fraction of sp³-hybridized carbons (Fsp3) is 0.562. The molecule has 2 aromatic rings. The molecule has 2 heterocycles. The van der Waals surface area contributed by atoms with Crippen LogP contribution in [0, 0.1) is 11.8 Å². The van der Waals surface area contributed by atoms with Crippen LogP contribution < -0.4 is 10.6 Å². The number of sulfone groups is 2. The number of carbonyl (C=O) groups is 2. The molecule has 0 radical (unpaired) electrons. The lowest BCUT2D eigenvalue weighted by Crippen LogP contribution is -2.27. The topological polar surface area (TPSA) is 145 Å². The van der Waals surface area contributed by atoms with Crippen LogP contribution in [0.15, 0.2) is 58.3 Å². The third-order valence-corrected chi connectivity index (χ3v) is 12.4. The highest BCUT2D eigenvalue weighted by Crippen LogP contribution is 2.36. The van der Waals surface area contributed by atoms with Gasteiger partial charge in [0, 0.05) is 12.1 Å². The lowest BCUT2D eigenvalue weighted by molar-refractivity contribution is -0.149. The number of hydrogen-bond donors (Lipinski definition) is 2. The second-order valence-electron chi connectivity index (χ2n) is 11.4. The quantitative estimate of drug-likeness (QED) is 0.360. The van der Waals surface area contributed by atoms with E-state index in [1.807, 2.05) is 0 Å². The number of rotatable bonds is 10. The molecule has 2 aliphatic rings. The SMILES string of the molecule is CCOC(=O)[C@@H]1CCN[C@@H]1c1ccccc1S(=O)(=O)C(C)C.CCOC(=O)[C@H]1CCN[C@H]1c1ccccc1S(=O)(=O)C(C)C. The minimum Gasteiger partial charge on any atom is -0.466 e. The Hall–Kier alpha value is -2.80. The normalized spacial score (nSPS) is 22.0. The maximum absolute atomic E-state index is 12.6. The summed E-state index contributed by atoms with van der Waals surface area (Å²) in [7, 11) is -6.80. The average Bonchev–Trinajstić information content (AvgIpc) is 3.68. The van der Waals surface area contributed by atoms with Crippen LogP contribution in [0.1, 0.15) is 77.6 Å². The van der Waals surface area contributed by atoms with Crippen LogP contribution in [0.4, 0.5) is 0 Å². The van der Waals surface area contributed by atoms with E-state index < -0.39 is 30.2 Å². The monoisotopic (exact) mass is 650 g/mol. The molecule has 10 nitrogen and oxygen atoms in total. The summed E-state index contributed by atoms with van der Waals surface area (Å²) in [5, 5.41) is 5.49. The summed E-state index contributed by atoms with van der Waals surface area (Å²) >= 11 is 0. The molecule has 2 saturated heterocycles. The third-order valence-electron chi connectivity index (χ3n) is 7.99. The van der Waals surface area contributed by atoms with E-state index in [2.05, 4.69) is 10.6 Å². The molecular weight excluding hydrogens is 604 g/mol. The van der Waals surface area contributed by atoms with Gasteiger partial charge in [-0.05, 0) is 90.7 Å². The van der Waals surface area contributed by atoms with E-state index in [9.17, 15) is 26.4 Å². The predicted octanol–water partition coefficient (Wildman–Crippen LogP) is 4.16. The van der Waals surface area contributed by atoms with Crippen molar-refractivity contribution in [3.8, 4) is 0 Å². The number of esters is 2. The maximum atomic E-state index is 12.6. The van der Waals surface area contributed by atoms with Gasteiger partial charge >= 0.3 is 11.9 Å². The van der Waals surface area contributed by atoms with Crippen LogP contribution in [-0.4, -0.2) is 65.6 Å². The summed E-state index contributed by atoms with van der Waals surface area (Å²) in [6.07, 6.45) is 1.30. The highest BCUT2D eigenvalue weighted by molar-refractivity contribution is 7.92. The molecule has 0 spiro atoms. The molecule has 244 valence electrons. The molecule has 12 heteroatoms. The molecule has 0 aromatic heterocycles. The van der Waals surface area contributed by atoms with Gasteiger partial charge in [-0.15, -0.1) is 0 Å². The van der Waals surface area contributed by atoms with Crippen molar-refractivity contribution in [1.29, 1.82) is 0 Å². The molecule has 2 aromatic carbocycles. The van der Waals surface area contributed by atoms with Gasteiger partial charge in [0.1, 0.15) is 0 Å². The first kappa shape index (κ1) is 35.7. The standard InChI is InChI=1S/2C16H23NO4S/c2*1-4-21-16(18)13-9-10-17-15(13)12-7-5-6-8-14(12)22(19,20)11(2)3/h2*5-8,11,13,15,17H,4,9-10H2,1-3H3/t2*13-,15-/m10/s1. The number of carbonyl (C=O) groups excluding carboxylic acids is 2. The van der Waals surface area contributed by atoms with E-state index in [0.29, 0.717) is 60.1 Å². The zero-order chi connectivity index (χ0) is 32.7. The third kappa shape index (κ3) is 7.88. The lowest BCUT2D eigenvalue weighted by Gasteiger charge is -2.22. The van der Waals surface area contributed by atoms with Gasteiger partial charge < -0.3 is 20.1 Å². The number of nitrogens with one attached hydrogen (secondary N) is 2. The van der Waals surface area contributed by atoms with Crippen LogP contribution in [-0.2, 0) is 38.7 Å². The Morgan fingerprint density at radius 1 is 0.682 bits per heavy atom. The largest absolute Gasteiger partial charge is 0.466 e. The summed E-state index contributed by atoms with van der Waals surface area (Å²) in [4.78, 5) is 24.8. The van der Waals surface area contributed by atoms with Crippen molar-refractivity contribution in [2.75, 3.05) is 26.3 Å². The summed E-state index contributed by atoms with van der Waals surface area (Å²) < 4.78 is 60.5. The molecule has 44 heavy (non-hydrogen) atoms. The van der Waals surface area contributed by atoms with Gasteiger partial charge in [0.2, 0.25) is 0 Å². The average molecular weight is 651 g/mol. The molecule has 2 fully saturated rings. The Kier molecular flexibility index (Phi) is 12.5. The van der Waals surface area contributed by atoms with E-state index in [1.54, 1.807) is 90.1 Å². The van der Waals surface area contributed by atoms with Crippen LogP contribution >= 0.6 is 0 Å². The van der Waals surface area contributed by atoms with Gasteiger partial charge in [-0.3, -0.25) is 9.59 Å². The maximum Gasteiger partial charge on any atom is 0.310 e. The van der Waals surface area contributed by atoms with Crippen molar-refractivity contribution >= 4 is 31.6 Å². The van der Waals surface area contributed by atoms with Crippen molar-refractivity contribution < 1.29 is 35.9 Å². The van der Waals surface area contributed by atoms with E-state index in [-0.39, 0.29) is 35.9 Å². The van der Waals surface area contributed by atoms with Gasteiger partial charge in [0.25, 0.3) is 0 Å². The molecule has 2 aliphatic heterocycles. The molecule has 0 aliphatic carbocycles. The zero-order valence-corrected chi connectivity index (χ0v) is 28.0. The van der Waals surface area contributed by atoms with Gasteiger partial charge in [-0.1, -0.05) is 36.4 Å². The smallest absolute Gasteiger partial charge is 0.310 e. The van der Waals surface area contributed by atoms with Crippen LogP contribution in [0.3, 0.4) is 0 Å². The number of hydrogen-bond acceptors (Lipinski definition) is 10. The van der Waals surface area contributed by atoms with Gasteiger partial charge in [-0.25, -0.2) is 16.8 Å². The summed E-state index contributed by atoms with van der Waals surface area (Å²) in [6, 6.07) is 13.2. The molecule has 0 bridgehead atoms. The van der Waals surface area contributed by atoms with Crippen LogP contribution in [0.5, 0.6) is 0 Å². The summed E-state index contributed by atoms with van der Waals surface area (Å²) in [6.45, 7) is 12.2. The number of benzene rings is 2. The van der Waals surface area contributed by atoms with E-state index in [4.69, 9.17) is 9.47 Å². The first-order valence-electron chi connectivity index (χ1n) is 15.2. The molecule has 0 saturated carbocycles. The number of ether oxygens (including phenoxy) is 2. The van der Waals surface area contributed by atoms with E-state index in [0.717, 1.165) is 0 Å². The molecule has 0 unspecified atom stereocenters. The lowest BCUT2D eigenvalue weighted by atomic mass is 9.94. The molecular formula is C32H46N2O8S2. The van der Waals surface area contributed by atoms with Crippen molar-refractivity contribution in [3.63, 3.8) is 0 Å². The van der Waals surface area contributed by atoms with E-state index >= 15 is 0 Å². The Morgan fingerprint density at radius 3 is 1.34 bits per heavy atom. The Labute approximate surface area is 262 Å². The van der Waals surface area contributed by atoms with Gasteiger partial charge in [0.15, 0.2) is 19.7 Å². The highest BCUT2D eigenvalue weighted by atomic mass is 32.2. The Balaban J connectivity index is 0.000000240. The van der Waals surface area contributed by atoms with Crippen molar-refractivity contribution in [3.05, 3.63) is 59.7 Å². The second kappa shape index (κ2) is 15.5. The van der Waals surface area contributed by atoms with Crippen LogP contribution in [0.25, 0.3) is 0 Å². The molecule has 4 rings (SSSR count). The zero-order valence-electron chi connectivity index (χ0n) is 26.4. The first-order chi connectivity index (χ1) is 20.8. The summed E-state index contributed by atoms with van der Waals surface area (Å²) in [5.74, 6) is -1.23. The molecule has 2 N–H and O–H groups in total. The molecule has 4 atom stereocenters. The van der Waals surface area contributed by atoms with Crippen molar-refractivity contribution in [2.45, 2.75) is 86.8 Å². The predicted molar refractivity (Wildman–Crippen MR) is 168 cm³/mol. The fourth-order valence-corrected chi connectivity index (χ4v) is 8.17. The summed E-state index contributed by atoms with van der Waals surface area (Å²) in [5.41, 5.74) is 1.32. The van der Waals surface area contributed by atoms with Crippen molar-refractivity contribution in [2.24, 2.45) is 11.8 Å². The van der Waals surface area contributed by atoms with Gasteiger partial charge in [0.05, 0.1) is 45.3 Å². The highest BCUT2D eigenvalue weighted by Gasteiger charge is 2.39. The van der Waals surface area contributed by atoms with E-state index in [1.165, 1.54) is 0 Å². The fourth-order valence-electron chi connectivity index (χ4n) is 5.57. The minimum atomic E-state index is -3.40. The van der Waals surface area contributed by atoms with Crippen LogP contribution in [0.2, 0.25) is 0 Å². The second-order valence-corrected chi connectivity index (χ2v) is 16.4. The minimum absolute atomic E-state index is 0.269.